The fraction of sp³-hybridized carbons (Fsp3) is 0.545. The first kappa shape index (κ1) is 10.2. The highest BCUT2D eigenvalue weighted by atomic mass is 16.5. The molecule has 0 aromatic carbocycles. The fourth-order valence-corrected chi connectivity index (χ4v) is 1.36. The van der Waals surface area contributed by atoms with Crippen molar-refractivity contribution in [2.45, 2.75) is 31.8 Å². The predicted octanol–water partition coefficient (Wildman–Crippen LogP) is 2.26. The molecule has 0 saturated carbocycles. The van der Waals surface area contributed by atoms with E-state index in [-0.39, 0.29) is 5.78 Å². The molecule has 1 atom stereocenters. The number of allylic oxidation sites excluding steroid dienone is 1. The van der Waals surface area contributed by atoms with E-state index in [1.807, 2.05) is 19.1 Å². The number of carbonyl (C=O) groups is 1. The van der Waals surface area contributed by atoms with E-state index in [0.29, 0.717) is 19.4 Å². The zero-order valence-corrected chi connectivity index (χ0v) is 8.08. The molecule has 13 heavy (non-hydrogen) atoms. The molecule has 0 saturated heterocycles. The van der Waals surface area contributed by atoms with Gasteiger partial charge in [0.15, 0.2) is 5.78 Å². The first-order chi connectivity index (χ1) is 6.19. The summed E-state index contributed by atoms with van der Waals surface area (Å²) in [5.74, 6) is 0.178. The minimum Gasteiger partial charge on any atom is -0.363 e. The van der Waals surface area contributed by atoms with Crippen LogP contribution in [0.1, 0.15) is 26.2 Å². The van der Waals surface area contributed by atoms with Crippen molar-refractivity contribution in [2.75, 3.05) is 6.61 Å². The van der Waals surface area contributed by atoms with Crippen LogP contribution in [0.2, 0.25) is 0 Å². The molecule has 2 nitrogen and oxygen atoms in total. The van der Waals surface area contributed by atoms with Crippen LogP contribution in [0.15, 0.2) is 24.8 Å². The van der Waals surface area contributed by atoms with Gasteiger partial charge in [-0.1, -0.05) is 18.2 Å². The van der Waals surface area contributed by atoms with Gasteiger partial charge in [0.05, 0.1) is 6.61 Å². The Morgan fingerprint density at radius 3 is 3.00 bits per heavy atom. The molecule has 1 aliphatic rings. The Hall–Kier alpha value is -0.890. The Balaban J connectivity index is 2.52. The second kappa shape index (κ2) is 4.38. The minimum atomic E-state index is -0.586. The molecule has 0 aromatic heterocycles. The van der Waals surface area contributed by atoms with Gasteiger partial charge in [0.2, 0.25) is 0 Å². The van der Waals surface area contributed by atoms with Gasteiger partial charge in [0, 0.05) is 12.8 Å². The Morgan fingerprint density at radius 1 is 1.69 bits per heavy atom. The number of rotatable bonds is 4. The van der Waals surface area contributed by atoms with Gasteiger partial charge in [-0.25, -0.2) is 0 Å². The maximum absolute atomic E-state index is 11.7. The van der Waals surface area contributed by atoms with Crippen molar-refractivity contribution < 1.29 is 9.53 Å². The van der Waals surface area contributed by atoms with Gasteiger partial charge in [0.25, 0.3) is 0 Å². The van der Waals surface area contributed by atoms with Gasteiger partial charge in [-0.3, -0.25) is 4.79 Å². The standard InChI is InChI=1S/C11H16O2/c1-3-4-7-10(12)11(2)8-5-6-9-13-11/h3,5-6H,1,4,7-9H2,2H3/t11-/m0/s1. The Kier molecular flexibility index (Phi) is 3.43. The quantitative estimate of drug-likeness (QED) is 0.620. The van der Waals surface area contributed by atoms with E-state index in [2.05, 4.69) is 6.58 Å². The normalized spacial score (nSPS) is 27.2. The Morgan fingerprint density at radius 2 is 2.46 bits per heavy atom. The third-order valence-corrected chi connectivity index (χ3v) is 2.34. The Bertz CT molecular complexity index is 230. The summed E-state index contributed by atoms with van der Waals surface area (Å²) in [6, 6.07) is 0. The molecule has 0 bridgehead atoms. The van der Waals surface area contributed by atoms with Gasteiger partial charge < -0.3 is 4.74 Å². The molecular formula is C11H16O2. The lowest BCUT2D eigenvalue weighted by Gasteiger charge is -2.29. The van der Waals surface area contributed by atoms with E-state index >= 15 is 0 Å². The van der Waals surface area contributed by atoms with Crippen molar-refractivity contribution in [3.8, 4) is 0 Å². The molecule has 0 fully saturated rings. The maximum atomic E-state index is 11.7. The number of hydrogen-bond acceptors (Lipinski definition) is 2. The summed E-state index contributed by atoms with van der Waals surface area (Å²) in [5, 5.41) is 0. The largest absolute Gasteiger partial charge is 0.363 e. The summed E-state index contributed by atoms with van der Waals surface area (Å²) < 4.78 is 5.45. The SMILES string of the molecule is C=CCCC(=O)[C@]1(C)CC=CCO1. The van der Waals surface area contributed by atoms with Crippen LogP contribution in [0, 0.1) is 0 Å². The van der Waals surface area contributed by atoms with Crippen molar-refractivity contribution in [3.05, 3.63) is 24.8 Å². The molecule has 2 heteroatoms. The molecule has 0 amide bonds. The third kappa shape index (κ3) is 2.52. The summed E-state index contributed by atoms with van der Waals surface area (Å²) in [4.78, 5) is 11.7. The number of ketones is 1. The van der Waals surface area contributed by atoms with Crippen LogP contribution in [-0.4, -0.2) is 18.0 Å². The zero-order valence-electron chi connectivity index (χ0n) is 8.08. The topological polar surface area (TPSA) is 26.3 Å². The fourth-order valence-electron chi connectivity index (χ4n) is 1.36. The van der Waals surface area contributed by atoms with E-state index in [0.717, 1.165) is 6.42 Å². The molecule has 0 radical (unpaired) electrons. The summed E-state index contributed by atoms with van der Waals surface area (Å²) in [5.41, 5.74) is -0.586. The average molecular weight is 180 g/mol. The molecule has 1 rings (SSSR count). The van der Waals surface area contributed by atoms with E-state index < -0.39 is 5.60 Å². The molecule has 1 heterocycles. The van der Waals surface area contributed by atoms with Gasteiger partial charge in [-0.2, -0.15) is 0 Å². The van der Waals surface area contributed by atoms with Crippen LogP contribution >= 0.6 is 0 Å². The molecule has 0 unspecified atom stereocenters. The lowest BCUT2D eigenvalue weighted by atomic mass is 9.92. The molecule has 1 aliphatic heterocycles. The van der Waals surface area contributed by atoms with Crippen molar-refractivity contribution in [3.63, 3.8) is 0 Å². The summed E-state index contributed by atoms with van der Waals surface area (Å²) >= 11 is 0. The molecule has 0 spiro atoms. The van der Waals surface area contributed by atoms with E-state index in [1.54, 1.807) is 6.08 Å². The summed E-state index contributed by atoms with van der Waals surface area (Å²) in [7, 11) is 0. The van der Waals surface area contributed by atoms with Gasteiger partial charge in [-0.05, 0) is 13.3 Å². The lowest BCUT2D eigenvalue weighted by Crippen LogP contribution is -2.39. The Labute approximate surface area is 79.3 Å². The second-order valence-electron chi connectivity index (χ2n) is 3.47. The third-order valence-electron chi connectivity index (χ3n) is 2.34. The highest BCUT2D eigenvalue weighted by Crippen LogP contribution is 2.23. The molecule has 0 aliphatic carbocycles. The van der Waals surface area contributed by atoms with Crippen LogP contribution in [0.5, 0.6) is 0 Å². The highest BCUT2D eigenvalue weighted by molar-refractivity contribution is 5.87. The number of ether oxygens (including phenoxy) is 1. The van der Waals surface area contributed by atoms with Gasteiger partial charge in [-0.15, -0.1) is 6.58 Å². The van der Waals surface area contributed by atoms with Crippen LogP contribution < -0.4 is 0 Å². The number of Topliss-reactive ketones (excluding diaryl/α,β-unsaturated/α-hetero) is 1. The van der Waals surface area contributed by atoms with E-state index in [1.165, 1.54) is 0 Å². The van der Waals surface area contributed by atoms with E-state index in [9.17, 15) is 4.79 Å². The molecule has 0 N–H and O–H groups in total. The second-order valence-corrected chi connectivity index (χ2v) is 3.47. The molecular weight excluding hydrogens is 164 g/mol. The van der Waals surface area contributed by atoms with Crippen LogP contribution in [-0.2, 0) is 9.53 Å². The summed E-state index contributed by atoms with van der Waals surface area (Å²) in [6.45, 7) is 6.01. The number of hydrogen-bond donors (Lipinski definition) is 0. The summed E-state index contributed by atoms with van der Waals surface area (Å²) in [6.07, 6.45) is 7.69. The smallest absolute Gasteiger partial charge is 0.164 e. The van der Waals surface area contributed by atoms with Crippen molar-refractivity contribution in [1.29, 1.82) is 0 Å². The van der Waals surface area contributed by atoms with Gasteiger partial charge in [0.1, 0.15) is 5.60 Å². The first-order valence-corrected chi connectivity index (χ1v) is 4.62. The monoisotopic (exact) mass is 180 g/mol. The molecule has 72 valence electrons. The predicted molar refractivity (Wildman–Crippen MR) is 52.6 cm³/mol. The zero-order chi connectivity index (χ0) is 9.73. The van der Waals surface area contributed by atoms with Crippen molar-refractivity contribution >= 4 is 5.78 Å². The first-order valence-electron chi connectivity index (χ1n) is 4.62. The lowest BCUT2D eigenvalue weighted by molar-refractivity contribution is -0.141. The van der Waals surface area contributed by atoms with Crippen LogP contribution in [0.25, 0.3) is 0 Å². The maximum Gasteiger partial charge on any atom is 0.164 e. The van der Waals surface area contributed by atoms with Crippen molar-refractivity contribution in [2.24, 2.45) is 0 Å². The number of carbonyl (C=O) groups excluding carboxylic acids is 1. The molecule has 0 aromatic rings. The van der Waals surface area contributed by atoms with Crippen LogP contribution in [0.4, 0.5) is 0 Å². The highest BCUT2D eigenvalue weighted by Gasteiger charge is 2.32. The van der Waals surface area contributed by atoms with Crippen LogP contribution in [0.3, 0.4) is 0 Å². The average Bonchev–Trinajstić information content (AvgIpc) is 2.15. The van der Waals surface area contributed by atoms with E-state index in [4.69, 9.17) is 4.74 Å². The minimum absolute atomic E-state index is 0.178. The van der Waals surface area contributed by atoms with Crippen molar-refractivity contribution in [1.82, 2.24) is 0 Å². The van der Waals surface area contributed by atoms with Gasteiger partial charge >= 0.3 is 0 Å².